The highest BCUT2D eigenvalue weighted by atomic mass is 19.1. The number of anilines is 2. The van der Waals surface area contributed by atoms with Gasteiger partial charge in [-0.05, 0) is 31.2 Å². The number of aromatic nitrogens is 3. The fourth-order valence-electron chi connectivity index (χ4n) is 4.33. The van der Waals surface area contributed by atoms with Gasteiger partial charge >= 0.3 is 0 Å². The second kappa shape index (κ2) is 6.58. The van der Waals surface area contributed by atoms with Gasteiger partial charge in [0, 0.05) is 30.1 Å². The number of hydrogen-bond donors (Lipinski definition) is 4. The molecule has 1 aliphatic carbocycles. The molecule has 1 aromatic heterocycles. The minimum Gasteiger partial charge on any atom is -0.491 e. The number of nitrogen functional groups attached to an aromatic ring is 1. The monoisotopic (exact) mass is 371 g/mol. The summed E-state index contributed by atoms with van der Waals surface area (Å²) in [4.78, 5) is 13.3. The van der Waals surface area contributed by atoms with E-state index in [1.54, 1.807) is 6.07 Å². The number of fused-ring (bicyclic) bond motifs is 2. The number of ether oxygens (including phenoxy) is 1. The molecule has 9 heteroatoms. The molecule has 0 amide bonds. The standard InChI is InChI=1S/C18H22FN7O/c19-11-3-4-12-14(8-27-15(12)6-11)22-18-24-16(23-17(20)25-18)9-1-2-10-7-21-26-13(10)5-9/h3-4,6,9-10,13-14,21,26H,1-2,5,7-8H2,(H3,20,22,23,24,25). The van der Waals surface area contributed by atoms with E-state index < -0.39 is 0 Å². The molecule has 0 bridgehead atoms. The highest BCUT2D eigenvalue weighted by Gasteiger charge is 2.35. The van der Waals surface area contributed by atoms with Crippen LogP contribution in [-0.4, -0.2) is 34.1 Å². The van der Waals surface area contributed by atoms with Gasteiger partial charge in [-0.3, -0.25) is 10.9 Å². The van der Waals surface area contributed by atoms with Crippen LogP contribution in [0.25, 0.3) is 0 Å². The topological polar surface area (TPSA) is 110 Å². The summed E-state index contributed by atoms with van der Waals surface area (Å²) in [5, 5.41) is 3.27. The van der Waals surface area contributed by atoms with E-state index >= 15 is 0 Å². The molecule has 5 rings (SSSR count). The second-order valence-corrected chi connectivity index (χ2v) is 7.47. The Hall–Kier alpha value is -2.52. The Morgan fingerprint density at radius 2 is 2.15 bits per heavy atom. The number of rotatable bonds is 3. The minimum atomic E-state index is -0.313. The summed E-state index contributed by atoms with van der Waals surface area (Å²) in [7, 11) is 0. The Bertz CT molecular complexity index is 864. The summed E-state index contributed by atoms with van der Waals surface area (Å²) in [5.74, 6) is 2.54. The molecule has 1 aromatic carbocycles. The first kappa shape index (κ1) is 16.6. The zero-order chi connectivity index (χ0) is 18.4. The molecular formula is C18H22FN7O. The number of benzene rings is 1. The maximum Gasteiger partial charge on any atom is 0.228 e. The Morgan fingerprint density at radius 1 is 1.22 bits per heavy atom. The quantitative estimate of drug-likeness (QED) is 0.643. The molecule has 4 unspecified atom stereocenters. The summed E-state index contributed by atoms with van der Waals surface area (Å²) in [6, 6.07) is 4.85. The fourth-order valence-corrected chi connectivity index (χ4v) is 4.33. The van der Waals surface area contributed by atoms with Gasteiger partial charge in [-0.25, -0.2) is 4.39 Å². The van der Waals surface area contributed by atoms with Gasteiger partial charge in [0.15, 0.2) is 0 Å². The van der Waals surface area contributed by atoms with Gasteiger partial charge in [0.05, 0.1) is 6.04 Å². The smallest absolute Gasteiger partial charge is 0.228 e. The van der Waals surface area contributed by atoms with Crippen LogP contribution in [0.5, 0.6) is 5.75 Å². The van der Waals surface area contributed by atoms with Gasteiger partial charge in [0.25, 0.3) is 0 Å². The Morgan fingerprint density at radius 3 is 3.07 bits per heavy atom. The van der Waals surface area contributed by atoms with E-state index in [0.717, 1.165) is 37.2 Å². The van der Waals surface area contributed by atoms with E-state index in [1.807, 2.05) is 0 Å². The highest BCUT2D eigenvalue weighted by molar-refractivity contribution is 5.45. The first-order valence-corrected chi connectivity index (χ1v) is 9.34. The van der Waals surface area contributed by atoms with Crippen molar-refractivity contribution >= 4 is 11.9 Å². The highest BCUT2D eigenvalue weighted by Crippen LogP contribution is 2.37. The third-order valence-electron chi connectivity index (χ3n) is 5.74. The molecule has 2 aromatic rings. The van der Waals surface area contributed by atoms with Crippen LogP contribution in [-0.2, 0) is 0 Å². The van der Waals surface area contributed by atoms with Crippen LogP contribution >= 0.6 is 0 Å². The molecular weight excluding hydrogens is 349 g/mol. The van der Waals surface area contributed by atoms with Crippen molar-refractivity contribution in [1.82, 2.24) is 25.8 Å². The average molecular weight is 371 g/mol. The fraction of sp³-hybridized carbons (Fsp3) is 0.500. The van der Waals surface area contributed by atoms with Crippen LogP contribution < -0.4 is 26.6 Å². The van der Waals surface area contributed by atoms with Crippen molar-refractivity contribution < 1.29 is 9.13 Å². The SMILES string of the molecule is Nc1nc(NC2COc3cc(F)ccc32)nc(C2CCC3CNNC3C2)n1. The van der Waals surface area contributed by atoms with Crippen molar-refractivity contribution in [2.24, 2.45) is 5.92 Å². The van der Waals surface area contributed by atoms with Crippen molar-refractivity contribution in [1.29, 1.82) is 0 Å². The molecule has 5 N–H and O–H groups in total. The molecule has 142 valence electrons. The van der Waals surface area contributed by atoms with Crippen LogP contribution in [0.15, 0.2) is 18.2 Å². The zero-order valence-electron chi connectivity index (χ0n) is 14.8. The van der Waals surface area contributed by atoms with Gasteiger partial charge < -0.3 is 15.8 Å². The molecule has 4 atom stereocenters. The lowest BCUT2D eigenvalue weighted by Crippen LogP contribution is -2.36. The zero-order valence-corrected chi connectivity index (χ0v) is 14.8. The number of hydrazine groups is 1. The number of hydrogen-bond acceptors (Lipinski definition) is 8. The molecule has 27 heavy (non-hydrogen) atoms. The number of nitrogens with zero attached hydrogens (tertiary/aromatic N) is 3. The summed E-state index contributed by atoms with van der Waals surface area (Å²) in [5.41, 5.74) is 13.4. The van der Waals surface area contributed by atoms with Crippen LogP contribution in [0.2, 0.25) is 0 Å². The van der Waals surface area contributed by atoms with E-state index in [-0.39, 0.29) is 23.7 Å². The Labute approximate surface area is 156 Å². The molecule has 0 spiro atoms. The van der Waals surface area contributed by atoms with Crippen molar-refractivity contribution in [3.05, 3.63) is 35.4 Å². The lowest BCUT2D eigenvalue weighted by Gasteiger charge is -2.30. The number of halogens is 1. The summed E-state index contributed by atoms with van der Waals surface area (Å²) < 4.78 is 18.9. The van der Waals surface area contributed by atoms with Gasteiger partial charge in [-0.2, -0.15) is 15.0 Å². The predicted octanol–water partition coefficient (Wildman–Crippen LogP) is 1.50. The van der Waals surface area contributed by atoms with E-state index in [9.17, 15) is 4.39 Å². The maximum absolute atomic E-state index is 13.4. The van der Waals surface area contributed by atoms with Gasteiger partial charge in [0.1, 0.15) is 24.0 Å². The third kappa shape index (κ3) is 3.17. The van der Waals surface area contributed by atoms with Gasteiger partial charge in [-0.15, -0.1) is 0 Å². The summed E-state index contributed by atoms with van der Waals surface area (Å²) in [6.45, 7) is 1.41. The van der Waals surface area contributed by atoms with E-state index in [1.165, 1.54) is 12.1 Å². The largest absolute Gasteiger partial charge is 0.491 e. The van der Waals surface area contributed by atoms with E-state index in [0.29, 0.717) is 30.3 Å². The van der Waals surface area contributed by atoms with Crippen molar-refractivity contribution in [2.75, 3.05) is 24.2 Å². The third-order valence-corrected chi connectivity index (χ3v) is 5.74. The van der Waals surface area contributed by atoms with Gasteiger partial charge in [-0.1, -0.05) is 6.07 Å². The minimum absolute atomic E-state index is 0.147. The van der Waals surface area contributed by atoms with Gasteiger partial charge in [0.2, 0.25) is 11.9 Å². The molecule has 0 radical (unpaired) electrons. The molecule has 8 nitrogen and oxygen atoms in total. The molecule has 1 saturated carbocycles. The summed E-state index contributed by atoms with van der Waals surface area (Å²) in [6.07, 6.45) is 3.16. The average Bonchev–Trinajstić information content (AvgIpc) is 3.27. The van der Waals surface area contributed by atoms with Crippen molar-refractivity contribution in [3.8, 4) is 5.75 Å². The van der Waals surface area contributed by atoms with Crippen molar-refractivity contribution in [3.63, 3.8) is 0 Å². The Kier molecular flexibility index (Phi) is 4.05. The first-order chi connectivity index (χ1) is 13.2. The number of nitrogens with one attached hydrogen (secondary N) is 3. The van der Waals surface area contributed by atoms with Crippen LogP contribution in [0.3, 0.4) is 0 Å². The Balaban J connectivity index is 1.36. The second-order valence-electron chi connectivity index (χ2n) is 7.47. The lowest BCUT2D eigenvalue weighted by atomic mass is 9.79. The molecule has 1 saturated heterocycles. The molecule has 2 fully saturated rings. The molecule has 3 heterocycles. The summed E-state index contributed by atoms with van der Waals surface area (Å²) >= 11 is 0. The van der Waals surface area contributed by atoms with Crippen LogP contribution in [0.1, 0.15) is 42.6 Å². The predicted molar refractivity (Wildman–Crippen MR) is 97.5 cm³/mol. The first-order valence-electron chi connectivity index (χ1n) is 9.34. The van der Waals surface area contributed by atoms with Crippen LogP contribution in [0, 0.1) is 11.7 Å². The van der Waals surface area contributed by atoms with Crippen LogP contribution in [0.4, 0.5) is 16.3 Å². The normalized spacial score (nSPS) is 29.1. The maximum atomic E-state index is 13.4. The van der Waals surface area contributed by atoms with E-state index in [4.69, 9.17) is 10.5 Å². The lowest BCUT2D eigenvalue weighted by molar-refractivity contribution is 0.296. The van der Waals surface area contributed by atoms with Crippen molar-refractivity contribution in [2.45, 2.75) is 37.3 Å². The van der Waals surface area contributed by atoms with E-state index in [2.05, 4.69) is 31.1 Å². The number of nitrogens with two attached hydrogens (primary N) is 1. The molecule has 2 aliphatic heterocycles. The molecule has 3 aliphatic rings.